The molecule has 0 aliphatic rings. The van der Waals surface area contributed by atoms with Crippen molar-refractivity contribution in [3.05, 3.63) is 24.2 Å². The second-order valence-corrected chi connectivity index (χ2v) is 4.26. The average Bonchev–Trinajstić information content (AvgIpc) is 2.94. The van der Waals surface area contributed by atoms with Crippen LogP contribution in [0.15, 0.2) is 27.8 Å². The highest BCUT2D eigenvalue weighted by atomic mass is 16.5. The lowest BCUT2D eigenvalue weighted by molar-refractivity contribution is 0.105. The maximum atomic E-state index is 5.50. The lowest BCUT2D eigenvalue weighted by Gasteiger charge is -2.11. The first-order valence-electron chi connectivity index (χ1n) is 6.91. The zero-order valence-corrected chi connectivity index (χ0v) is 11.9. The van der Waals surface area contributed by atoms with Gasteiger partial charge < -0.3 is 19.8 Å². The Morgan fingerprint density at radius 2 is 2.11 bits per heavy atom. The summed E-state index contributed by atoms with van der Waals surface area (Å²) in [7, 11) is 1.79. The number of hydrogen-bond acceptors (Lipinski definition) is 3. The molecule has 0 radical (unpaired) electrons. The molecule has 0 bridgehead atoms. The topological polar surface area (TPSA) is 58.8 Å². The number of nitrogens with one attached hydrogen (secondary N) is 2. The molecule has 5 heteroatoms. The van der Waals surface area contributed by atoms with E-state index in [-0.39, 0.29) is 0 Å². The van der Waals surface area contributed by atoms with Gasteiger partial charge in [-0.2, -0.15) is 0 Å². The molecule has 0 saturated carbocycles. The van der Waals surface area contributed by atoms with E-state index in [2.05, 4.69) is 22.5 Å². The van der Waals surface area contributed by atoms with Crippen LogP contribution in [0, 0.1) is 0 Å². The molecule has 0 saturated heterocycles. The van der Waals surface area contributed by atoms with Gasteiger partial charge >= 0.3 is 0 Å². The molecule has 1 heterocycles. The van der Waals surface area contributed by atoms with E-state index in [9.17, 15) is 0 Å². The molecule has 0 amide bonds. The summed E-state index contributed by atoms with van der Waals surface area (Å²) in [4.78, 5) is 4.16. The zero-order valence-electron chi connectivity index (χ0n) is 11.9. The smallest absolute Gasteiger partial charge is 0.190 e. The second kappa shape index (κ2) is 10.4. The van der Waals surface area contributed by atoms with Crippen LogP contribution in [0.1, 0.15) is 31.9 Å². The van der Waals surface area contributed by atoms with Gasteiger partial charge in [0.1, 0.15) is 12.4 Å². The van der Waals surface area contributed by atoms with Crippen LogP contribution in [0.4, 0.5) is 0 Å². The predicted octanol–water partition coefficient (Wildman–Crippen LogP) is 2.15. The molecule has 19 heavy (non-hydrogen) atoms. The number of rotatable bonds is 9. The lowest BCUT2D eigenvalue weighted by atomic mass is 10.3. The van der Waals surface area contributed by atoms with Crippen molar-refractivity contribution >= 4 is 5.96 Å². The Hall–Kier alpha value is -1.49. The first-order chi connectivity index (χ1) is 9.36. The largest absolute Gasteiger partial charge is 0.467 e. The molecule has 0 spiro atoms. The van der Waals surface area contributed by atoms with E-state index in [4.69, 9.17) is 9.15 Å². The number of furan rings is 1. The van der Waals surface area contributed by atoms with E-state index in [1.54, 1.807) is 13.3 Å². The third kappa shape index (κ3) is 7.51. The van der Waals surface area contributed by atoms with Gasteiger partial charge in [-0.05, 0) is 25.0 Å². The van der Waals surface area contributed by atoms with Gasteiger partial charge in [0.2, 0.25) is 0 Å². The summed E-state index contributed by atoms with van der Waals surface area (Å²) in [6.45, 7) is 5.24. The lowest BCUT2D eigenvalue weighted by Crippen LogP contribution is -2.38. The highest BCUT2D eigenvalue weighted by Crippen LogP contribution is 2.01. The summed E-state index contributed by atoms with van der Waals surface area (Å²) in [5.74, 6) is 1.73. The SMILES string of the molecule is CCCCNC(=NC)NCCCOCc1ccco1. The molecule has 0 aliphatic heterocycles. The third-order valence-electron chi connectivity index (χ3n) is 2.63. The molecule has 5 nitrogen and oxygen atoms in total. The van der Waals surface area contributed by atoms with Gasteiger partial charge in [-0.1, -0.05) is 13.3 Å². The van der Waals surface area contributed by atoms with Crippen molar-refractivity contribution < 1.29 is 9.15 Å². The van der Waals surface area contributed by atoms with Gasteiger partial charge in [-0.25, -0.2) is 0 Å². The number of ether oxygens (including phenoxy) is 1. The van der Waals surface area contributed by atoms with Crippen LogP contribution in [0.3, 0.4) is 0 Å². The van der Waals surface area contributed by atoms with Gasteiger partial charge in [0.25, 0.3) is 0 Å². The van der Waals surface area contributed by atoms with Crippen LogP contribution in [0.5, 0.6) is 0 Å². The van der Waals surface area contributed by atoms with Gasteiger partial charge in [0.05, 0.1) is 6.26 Å². The van der Waals surface area contributed by atoms with Gasteiger partial charge in [-0.3, -0.25) is 4.99 Å². The van der Waals surface area contributed by atoms with E-state index in [0.717, 1.165) is 37.7 Å². The molecular formula is C14H25N3O2. The van der Waals surface area contributed by atoms with E-state index < -0.39 is 0 Å². The van der Waals surface area contributed by atoms with Crippen molar-refractivity contribution in [1.29, 1.82) is 0 Å². The molecule has 1 rings (SSSR count). The van der Waals surface area contributed by atoms with Gasteiger partial charge in [-0.15, -0.1) is 0 Å². The highest BCUT2D eigenvalue weighted by Gasteiger charge is 1.97. The van der Waals surface area contributed by atoms with Crippen LogP contribution < -0.4 is 10.6 Å². The Morgan fingerprint density at radius 1 is 1.32 bits per heavy atom. The van der Waals surface area contributed by atoms with Crippen molar-refractivity contribution in [2.45, 2.75) is 32.8 Å². The molecule has 108 valence electrons. The van der Waals surface area contributed by atoms with Crippen LogP contribution in [0.2, 0.25) is 0 Å². The predicted molar refractivity (Wildman–Crippen MR) is 77.3 cm³/mol. The highest BCUT2D eigenvalue weighted by molar-refractivity contribution is 5.79. The maximum absolute atomic E-state index is 5.50. The number of aliphatic imine (C=N–C) groups is 1. The Bertz CT molecular complexity index is 336. The van der Waals surface area contributed by atoms with Crippen LogP contribution in [-0.2, 0) is 11.3 Å². The number of guanidine groups is 1. The molecule has 1 aromatic rings. The van der Waals surface area contributed by atoms with Crippen LogP contribution in [0.25, 0.3) is 0 Å². The molecular weight excluding hydrogens is 242 g/mol. The normalized spacial score (nSPS) is 11.6. The minimum atomic E-state index is 0.538. The fourth-order valence-corrected chi connectivity index (χ4v) is 1.55. The maximum Gasteiger partial charge on any atom is 0.190 e. The second-order valence-electron chi connectivity index (χ2n) is 4.26. The van der Waals surface area contributed by atoms with E-state index >= 15 is 0 Å². The number of hydrogen-bond donors (Lipinski definition) is 2. The summed E-state index contributed by atoms with van der Waals surface area (Å²) in [5.41, 5.74) is 0. The molecule has 0 unspecified atom stereocenters. The summed E-state index contributed by atoms with van der Waals surface area (Å²) in [6.07, 6.45) is 4.94. The fourth-order valence-electron chi connectivity index (χ4n) is 1.55. The quantitative estimate of drug-likeness (QED) is 0.409. The monoisotopic (exact) mass is 267 g/mol. The average molecular weight is 267 g/mol. The fraction of sp³-hybridized carbons (Fsp3) is 0.643. The summed E-state index contributed by atoms with van der Waals surface area (Å²) in [5, 5.41) is 6.52. The number of unbranched alkanes of at least 4 members (excludes halogenated alkanes) is 1. The van der Waals surface area contributed by atoms with E-state index in [1.807, 2.05) is 12.1 Å². The summed E-state index contributed by atoms with van der Waals surface area (Å²) >= 11 is 0. The minimum absolute atomic E-state index is 0.538. The van der Waals surface area contributed by atoms with Crippen molar-refractivity contribution in [2.24, 2.45) is 4.99 Å². The van der Waals surface area contributed by atoms with Crippen LogP contribution in [-0.4, -0.2) is 32.7 Å². The minimum Gasteiger partial charge on any atom is -0.467 e. The molecule has 0 atom stereocenters. The van der Waals surface area contributed by atoms with Crippen LogP contribution >= 0.6 is 0 Å². The molecule has 2 N–H and O–H groups in total. The molecule has 0 aliphatic carbocycles. The van der Waals surface area contributed by atoms with Gasteiger partial charge in [0, 0.05) is 26.7 Å². The van der Waals surface area contributed by atoms with Crippen molar-refractivity contribution in [1.82, 2.24) is 10.6 Å². The Morgan fingerprint density at radius 3 is 2.74 bits per heavy atom. The molecule has 0 fully saturated rings. The van der Waals surface area contributed by atoms with Gasteiger partial charge in [0.15, 0.2) is 5.96 Å². The summed E-state index contributed by atoms with van der Waals surface area (Å²) < 4.78 is 10.7. The third-order valence-corrected chi connectivity index (χ3v) is 2.63. The molecule has 1 aromatic heterocycles. The standard InChI is InChI=1S/C14H25N3O2/c1-3-4-8-16-14(15-2)17-9-6-10-18-12-13-7-5-11-19-13/h5,7,11H,3-4,6,8-10,12H2,1-2H3,(H2,15,16,17). The Balaban J connectivity index is 1.96. The van der Waals surface area contributed by atoms with E-state index in [1.165, 1.54) is 6.42 Å². The summed E-state index contributed by atoms with van der Waals surface area (Å²) in [6, 6.07) is 3.78. The van der Waals surface area contributed by atoms with Crippen molar-refractivity contribution in [3.63, 3.8) is 0 Å². The Labute approximate surface area is 115 Å². The molecule has 0 aromatic carbocycles. The van der Waals surface area contributed by atoms with Crippen molar-refractivity contribution in [2.75, 3.05) is 26.7 Å². The number of nitrogens with zero attached hydrogens (tertiary/aromatic N) is 1. The van der Waals surface area contributed by atoms with Crippen molar-refractivity contribution in [3.8, 4) is 0 Å². The zero-order chi connectivity index (χ0) is 13.8. The Kier molecular flexibility index (Phi) is 8.55. The van der Waals surface area contributed by atoms with E-state index in [0.29, 0.717) is 13.2 Å². The first kappa shape index (κ1) is 15.6. The first-order valence-corrected chi connectivity index (χ1v) is 6.91.